The highest BCUT2D eigenvalue weighted by atomic mass is 35.5. The summed E-state index contributed by atoms with van der Waals surface area (Å²) in [4.78, 5) is 12.8. The van der Waals surface area contributed by atoms with Crippen molar-refractivity contribution in [2.45, 2.75) is 27.0 Å². The predicted molar refractivity (Wildman–Crippen MR) is 117 cm³/mol. The maximum Gasteiger partial charge on any atom is 0.279 e. The summed E-state index contributed by atoms with van der Waals surface area (Å²) in [6, 6.07) is 15.3. The van der Waals surface area contributed by atoms with Gasteiger partial charge in [-0.05, 0) is 43.7 Å². The van der Waals surface area contributed by atoms with Crippen molar-refractivity contribution >= 4 is 23.3 Å². The average molecular weight is 455 g/mol. The second kappa shape index (κ2) is 9.23. The van der Waals surface area contributed by atoms with E-state index in [0.717, 1.165) is 11.3 Å². The Morgan fingerprint density at radius 2 is 2.00 bits per heavy atom. The summed E-state index contributed by atoms with van der Waals surface area (Å²) in [6.07, 6.45) is 0. The summed E-state index contributed by atoms with van der Waals surface area (Å²) in [5, 5.41) is 11.7. The second-order valence-corrected chi connectivity index (χ2v) is 7.63. The summed E-state index contributed by atoms with van der Waals surface area (Å²) < 4.78 is 26.3. The molecule has 0 saturated carbocycles. The van der Waals surface area contributed by atoms with Crippen molar-refractivity contribution in [1.29, 1.82) is 0 Å². The van der Waals surface area contributed by atoms with Crippen molar-refractivity contribution in [2.24, 2.45) is 0 Å². The lowest BCUT2D eigenvalue weighted by atomic mass is 10.2. The summed E-state index contributed by atoms with van der Waals surface area (Å²) >= 11 is 6.05. The van der Waals surface area contributed by atoms with Crippen LogP contribution in [0.4, 0.5) is 10.2 Å². The van der Waals surface area contributed by atoms with E-state index in [1.165, 1.54) is 12.1 Å². The van der Waals surface area contributed by atoms with Crippen LogP contribution in [0.15, 0.2) is 59.1 Å². The van der Waals surface area contributed by atoms with Crippen LogP contribution in [0, 0.1) is 19.7 Å². The van der Waals surface area contributed by atoms with Gasteiger partial charge in [0.2, 0.25) is 0 Å². The van der Waals surface area contributed by atoms with Crippen molar-refractivity contribution < 1.29 is 18.4 Å². The Morgan fingerprint density at radius 3 is 2.78 bits per heavy atom. The molecule has 9 heteroatoms. The molecule has 164 valence electrons. The van der Waals surface area contributed by atoms with Gasteiger partial charge in [-0.15, -0.1) is 0 Å². The van der Waals surface area contributed by atoms with Gasteiger partial charge in [-0.25, -0.2) is 4.39 Å². The van der Waals surface area contributed by atoms with Gasteiger partial charge in [-0.2, -0.15) is 5.10 Å². The number of amides is 1. The molecule has 0 unspecified atom stereocenters. The van der Waals surface area contributed by atoms with Gasteiger partial charge in [0.25, 0.3) is 5.91 Å². The largest absolute Gasteiger partial charge is 0.486 e. The zero-order chi connectivity index (χ0) is 22.7. The molecule has 0 spiro atoms. The van der Waals surface area contributed by atoms with E-state index in [0.29, 0.717) is 28.7 Å². The van der Waals surface area contributed by atoms with Gasteiger partial charge in [-0.1, -0.05) is 41.0 Å². The van der Waals surface area contributed by atoms with Crippen molar-refractivity contribution in [3.8, 4) is 5.75 Å². The van der Waals surface area contributed by atoms with Crippen molar-refractivity contribution in [3.05, 3.63) is 93.7 Å². The second-order valence-electron chi connectivity index (χ2n) is 7.20. The van der Waals surface area contributed by atoms with Gasteiger partial charge < -0.3 is 14.6 Å². The third-order valence-electron chi connectivity index (χ3n) is 4.85. The molecule has 1 N–H and O–H groups in total. The number of hydrogen-bond acceptors (Lipinski definition) is 5. The average Bonchev–Trinajstić information content (AvgIpc) is 3.29. The van der Waals surface area contributed by atoms with Crippen molar-refractivity contribution in [2.75, 3.05) is 5.32 Å². The Kier molecular flexibility index (Phi) is 6.23. The molecule has 0 aliphatic carbocycles. The lowest BCUT2D eigenvalue weighted by molar-refractivity contribution is 0.101. The number of ether oxygens (including phenoxy) is 1. The van der Waals surface area contributed by atoms with Crippen LogP contribution in [-0.4, -0.2) is 20.8 Å². The first-order valence-electron chi connectivity index (χ1n) is 9.83. The Balaban J connectivity index is 1.47. The number of para-hydroxylation sites is 1. The highest BCUT2D eigenvalue weighted by Crippen LogP contribution is 2.21. The van der Waals surface area contributed by atoms with E-state index in [-0.39, 0.29) is 18.1 Å². The highest BCUT2D eigenvalue weighted by Gasteiger charge is 2.22. The molecule has 0 atom stereocenters. The van der Waals surface area contributed by atoms with Gasteiger partial charge in [0, 0.05) is 16.8 Å². The number of aryl methyl sites for hydroxylation is 2. The van der Waals surface area contributed by atoms with Crippen LogP contribution in [0.1, 0.15) is 33.1 Å². The van der Waals surface area contributed by atoms with Crippen molar-refractivity contribution in [1.82, 2.24) is 14.9 Å². The molecule has 32 heavy (non-hydrogen) atoms. The SMILES string of the molecule is Cc1onc(C(=O)Nc2cc(C)n(Cc3cccc(Cl)c3)n2)c1COc1ccccc1F. The highest BCUT2D eigenvalue weighted by molar-refractivity contribution is 6.30. The number of carbonyl (C=O) groups excluding carboxylic acids is 1. The van der Waals surface area contributed by atoms with Crippen LogP contribution in [0.5, 0.6) is 5.75 Å². The molecule has 0 radical (unpaired) electrons. The first-order valence-corrected chi connectivity index (χ1v) is 10.2. The standard InChI is InChI=1S/C23H20ClFN4O3/c1-14-10-21(27-29(14)12-16-6-5-7-17(24)11-16)26-23(30)22-18(15(2)32-28-22)13-31-20-9-4-3-8-19(20)25/h3-11H,12-13H2,1-2H3,(H,26,27,30). The third-order valence-corrected chi connectivity index (χ3v) is 5.09. The van der Waals surface area contributed by atoms with Gasteiger partial charge in [0.05, 0.1) is 12.1 Å². The number of halogens is 2. The van der Waals surface area contributed by atoms with Crippen LogP contribution >= 0.6 is 11.6 Å². The van der Waals surface area contributed by atoms with E-state index in [1.807, 2.05) is 25.1 Å². The molecule has 2 aromatic carbocycles. The van der Waals surface area contributed by atoms with Crippen molar-refractivity contribution in [3.63, 3.8) is 0 Å². The molecular formula is C23H20ClFN4O3. The number of carbonyl (C=O) groups is 1. The first kappa shape index (κ1) is 21.6. The molecule has 2 aromatic heterocycles. The maximum absolute atomic E-state index is 13.8. The smallest absolute Gasteiger partial charge is 0.279 e. The number of anilines is 1. The summed E-state index contributed by atoms with van der Waals surface area (Å²) in [5.41, 5.74) is 2.34. The lowest BCUT2D eigenvalue weighted by Crippen LogP contribution is -2.16. The van der Waals surface area contributed by atoms with E-state index in [2.05, 4.69) is 15.6 Å². The normalized spacial score (nSPS) is 10.9. The summed E-state index contributed by atoms with van der Waals surface area (Å²) in [5.74, 6) is -0.130. The molecule has 0 aliphatic rings. The first-order chi connectivity index (χ1) is 15.4. The van der Waals surface area contributed by atoms with Crippen LogP contribution in [-0.2, 0) is 13.2 Å². The minimum atomic E-state index is -0.499. The fourth-order valence-corrected chi connectivity index (χ4v) is 3.38. The molecular weight excluding hydrogens is 435 g/mol. The molecule has 0 bridgehead atoms. The van der Waals surface area contributed by atoms with E-state index in [1.54, 1.807) is 35.9 Å². The Hall–Kier alpha value is -3.65. The summed E-state index contributed by atoms with van der Waals surface area (Å²) in [6.45, 7) is 3.99. The van der Waals surface area contributed by atoms with Gasteiger partial charge in [0.15, 0.2) is 23.1 Å². The van der Waals surface area contributed by atoms with Gasteiger partial charge in [0.1, 0.15) is 12.4 Å². The maximum atomic E-state index is 13.8. The van der Waals surface area contributed by atoms with Crippen LogP contribution in [0.2, 0.25) is 5.02 Å². The molecule has 2 heterocycles. The number of aromatic nitrogens is 3. The van der Waals surface area contributed by atoms with Gasteiger partial charge >= 0.3 is 0 Å². The Morgan fingerprint density at radius 1 is 1.19 bits per heavy atom. The van der Waals surface area contributed by atoms with E-state index < -0.39 is 11.7 Å². The monoisotopic (exact) mass is 454 g/mol. The molecule has 0 aliphatic heterocycles. The summed E-state index contributed by atoms with van der Waals surface area (Å²) in [7, 11) is 0. The molecule has 0 saturated heterocycles. The number of nitrogens with one attached hydrogen (secondary N) is 1. The fourth-order valence-electron chi connectivity index (χ4n) is 3.17. The lowest BCUT2D eigenvalue weighted by Gasteiger charge is -2.07. The van der Waals surface area contributed by atoms with Crippen LogP contribution in [0.25, 0.3) is 0 Å². The number of hydrogen-bond donors (Lipinski definition) is 1. The number of nitrogens with zero attached hydrogens (tertiary/aromatic N) is 3. The molecule has 7 nitrogen and oxygen atoms in total. The Labute approximate surface area is 188 Å². The van der Waals surface area contributed by atoms with E-state index in [9.17, 15) is 9.18 Å². The predicted octanol–water partition coefficient (Wildman–Crippen LogP) is 5.16. The number of rotatable bonds is 7. The Bertz CT molecular complexity index is 1270. The topological polar surface area (TPSA) is 82.2 Å². The minimum absolute atomic E-state index is 0.0564. The van der Waals surface area contributed by atoms with Crippen LogP contribution < -0.4 is 10.1 Å². The quantitative estimate of drug-likeness (QED) is 0.417. The minimum Gasteiger partial charge on any atom is -0.486 e. The molecule has 4 aromatic rings. The van der Waals surface area contributed by atoms with Crippen LogP contribution in [0.3, 0.4) is 0 Å². The third kappa shape index (κ3) is 4.81. The molecule has 0 fully saturated rings. The van der Waals surface area contributed by atoms with E-state index in [4.69, 9.17) is 20.9 Å². The number of benzene rings is 2. The fraction of sp³-hybridized carbons (Fsp3) is 0.174. The molecule has 4 rings (SSSR count). The van der Waals surface area contributed by atoms with E-state index >= 15 is 0 Å². The zero-order valence-corrected chi connectivity index (χ0v) is 18.2. The van der Waals surface area contributed by atoms with Gasteiger partial charge in [-0.3, -0.25) is 9.48 Å². The zero-order valence-electron chi connectivity index (χ0n) is 17.4. The molecule has 1 amide bonds.